The Morgan fingerprint density at radius 1 is 1.24 bits per heavy atom. The van der Waals surface area contributed by atoms with Crippen LogP contribution in [0, 0.1) is 27.7 Å². The van der Waals surface area contributed by atoms with Crippen molar-refractivity contribution in [3.05, 3.63) is 60.9 Å². The van der Waals surface area contributed by atoms with Gasteiger partial charge < -0.3 is 9.26 Å². The summed E-state index contributed by atoms with van der Waals surface area (Å²) < 4.78 is 10.5. The van der Waals surface area contributed by atoms with Crippen molar-refractivity contribution in [1.82, 2.24) is 5.16 Å². The van der Waals surface area contributed by atoms with E-state index in [-0.39, 0.29) is 28.7 Å². The zero-order chi connectivity index (χ0) is 21.3. The molecule has 0 aliphatic heterocycles. The number of aromatic nitrogens is 1. The van der Waals surface area contributed by atoms with Crippen LogP contribution in [0.3, 0.4) is 0 Å². The first kappa shape index (κ1) is 21.1. The number of anilines is 1. The van der Waals surface area contributed by atoms with Gasteiger partial charge in [-0.1, -0.05) is 22.8 Å². The summed E-state index contributed by atoms with van der Waals surface area (Å²) in [4.78, 5) is 26.1. The van der Waals surface area contributed by atoms with E-state index in [0.29, 0.717) is 10.6 Å². The van der Waals surface area contributed by atoms with Gasteiger partial charge in [0, 0.05) is 6.42 Å². The normalized spacial score (nSPS) is 10.8. The molecule has 0 saturated heterocycles. The highest BCUT2D eigenvalue weighted by atomic mass is 35.5. The molecule has 8 heteroatoms. The first-order valence-corrected chi connectivity index (χ1v) is 10.2. The largest absolute Gasteiger partial charge is 0.496 e. The van der Waals surface area contributed by atoms with Gasteiger partial charge in [0.2, 0.25) is 0 Å². The van der Waals surface area contributed by atoms with Gasteiger partial charge in [0.05, 0.1) is 17.6 Å². The summed E-state index contributed by atoms with van der Waals surface area (Å²) in [6, 6.07) is 3.62. The molecule has 6 nitrogen and oxygen atoms in total. The maximum absolute atomic E-state index is 13.0. The molecular formula is C21H21ClN2O4S. The van der Waals surface area contributed by atoms with Crippen molar-refractivity contribution in [1.29, 1.82) is 0 Å². The number of benzene rings is 1. The molecule has 0 saturated carbocycles. The third-order valence-electron chi connectivity index (χ3n) is 4.78. The van der Waals surface area contributed by atoms with E-state index in [1.54, 1.807) is 25.5 Å². The van der Waals surface area contributed by atoms with E-state index in [4.69, 9.17) is 20.9 Å². The van der Waals surface area contributed by atoms with Gasteiger partial charge in [0.15, 0.2) is 5.78 Å². The number of carbonyl (C=O) groups excluding carboxylic acids is 2. The second-order valence-corrected chi connectivity index (χ2v) is 8.07. The molecule has 3 aromatic rings. The average molecular weight is 433 g/mol. The van der Waals surface area contributed by atoms with Crippen LogP contribution in [0.2, 0.25) is 5.02 Å². The Kier molecular flexibility index (Phi) is 6.10. The van der Waals surface area contributed by atoms with E-state index in [2.05, 4.69) is 10.5 Å². The first-order chi connectivity index (χ1) is 13.7. The molecule has 29 heavy (non-hydrogen) atoms. The third-order valence-corrected chi connectivity index (χ3v) is 6.18. The Hall–Kier alpha value is -2.64. The minimum atomic E-state index is -0.470. The fourth-order valence-electron chi connectivity index (χ4n) is 3.34. The highest BCUT2D eigenvalue weighted by Gasteiger charge is 2.23. The van der Waals surface area contributed by atoms with Gasteiger partial charge in [0.1, 0.15) is 16.5 Å². The Labute approximate surface area is 177 Å². The Bertz CT molecular complexity index is 1100. The lowest BCUT2D eigenvalue weighted by Gasteiger charge is -2.16. The predicted molar refractivity (Wildman–Crippen MR) is 114 cm³/mol. The van der Waals surface area contributed by atoms with Crippen LogP contribution in [0.4, 0.5) is 5.88 Å². The molecule has 0 aliphatic rings. The summed E-state index contributed by atoms with van der Waals surface area (Å²) in [5.74, 6) is 0.233. The number of methoxy groups -OCH3 is 1. The second kappa shape index (κ2) is 8.39. The van der Waals surface area contributed by atoms with E-state index in [9.17, 15) is 9.59 Å². The Morgan fingerprint density at radius 3 is 2.59 bits per heavy atom. The first-order valence-electron chi connectivity index (χ1n) is 8.92. The quantitative estimate of drug-likeness (QED) is 0.534. The van der Waals surface area contributed by atoms with Crippen molar-refractivity contribution in [3.63, 3.8) is 0 Å². The lowest BCUT2D eigenvalue weighted by Crippen LogP contribution is -2.16. The lowest BCUT2D eigenvalue weighted by molar-refractivity contribution is 0.0974. The van der Waals surface area contributed by atoms with Gasteiger partial charge in [-0.2, -0.15) is 0 Å². The number of rotatable bonds is 6. The predicted octanol–water partition coefficient (Wildman–Crippen LogP) is 5.31. The van der Waals surface area contributed by atoms with Crippen LogP contribution < -0.4 is 10.1 Å². The number of halogens is 1. The van der Waals surface area contributed by atoms with Gasteiger partial charge in [0.25, 0.3) is 11.8 Å². The molecule has 1 N–H and O–H groups in total. The van der Waals surface area contributed by atoms with E-state index in [1.165, 1.54) is 11.3 Å². The number of thiophene rings is 1. The monoisotopic (exact) mass is 432 g/mol. The molecule has 0 atom stereocenters. The molecule has 2 aromatic heterocycles. The second-order valence-electron chi connectivity index (χ2n) is 6.78. The smallest absolute Gasteiger partial charge is 0.259 e. The van der Waals surface area contributed by atoms with Crippen molar-refractivity contribution in [2.75, 3.05) is 12.4 Å². The summed E-state index contributed by atoms with van der Waals surface area (Å²) in [6.07, 6.45) is 0.178. The van der Waals surface area contributed by atoms with Crippen molar-refractivity contribution in [3.8, 4) is 5.75 Å². The molecule has 0 aliphatic carbocycles. The van der Waals surface area contributed by atoms with Crippen molar-refractivity contribution < 1.29 is 18.8 Å². The van der Waals surface area contributed by atoms with Crippen LogP contribution in [0.25, 0.3) is 0 Å². The number of ketones is 1. The summed E-state index contributed by atoms with van der Waals surface area (Å²) in [5, 5.41) is 8.23. The maximum atomic E-state index is 13.0. The molecule has 2 heterocycles. The van der Waals surface area contributed by atoms with Crippen LogP contribution in [-0.2, 0) is 6.42 Å². The van der Waals surface area contributed by atoms with Gasteiger partial charge >= 0.3 is 0 Å². The highest BCUT2D eigenvalue weighted by Crippen LogP contribution is 2.31. The van der Waals surface area contributed by atoms with E-state index >= 15 is 0 Å². The fraction of sp³-hybridized carbons (Fsp3) is 0.286. The van der Waals surface area contributed by atoms with Crippen LogP contribution in [0.15, 0.2) is 22.0 Å². The minimum absolute atomic E-state index is 0.0636. The van der Waals surface area contributed by atoms with Crippen LogP contribution in [0.1, 0.15) is 48.0 Å². The number of Topliss-reactive ketones (excluding diaryl/α,β-unsaturated/α-hetero) is 1. The number of ether oxygens (including phenoxy) is 1. The summed E-state index contributed by atoms with van der Waals surface area (Å²) in [6.45, 7) is 7.56. The van der Waals surface area contributed by atoms with Crippen molar-refractivity contribution in [2.24, 2.45) is 0 Å². The molecule has 1 amide bonds. The van der Waals surface area contributed by atoms with Crippen molar-refractivity contribution >= 4 is 40.5 Å². The van der Waals surface area contributed by atoms with Crippen molar-refractivity contribution in [2.45, 2.75) is 34.1 Å². The molecule has 3 rings (SSSR count). The number of nitrogens with zero attached hydrogens (tertiary/aromatic N) is 1. The summed E-state index contributed by atoms with van der Waals surface area (Å²) in [7, 11) is 1.62. The van der Waals surface area contributed by atoms with E-state index < -0.39 is 5.91 Å². The molecule has 0 spiro atoms. The van der Waals surface area contributed by atoms with Gasteiger partial charge in [-0.25, -0.2) is 0 Å². The lowest BCUT2D eigenvalue weighted by atomic mass is 9.94. The molecule has 0 unspecified atom stereocenters. The topological polar surface area (TPSA) is 81.4 Å². The van der Waals surface area contributed by atoms with Crippen LogP contribution in [0.5, 0.6) is 5.75 Å². The third kappa shape index (κ3) is 4.06. The van der Waals surface area contributed by atoms with E-state index in [1.807, 2.05) is 26.8 Å². The van der Waals surface area contributed by atoms with Gasteiger partial charge in [-0.3, -0.25) is 14.9 Å². The Morgan fingerprint density at radius 2 is 1.97 bits per heavy atom. The number of aryl methyl sites for hydroxylation is 3. The molecule has 0 bridgehead atoms. The molecule has 0 fully saturated rings. The number of hydrogen-bond donors (Lipinski definition) is 1. The zero-order valence-electron chi connectivity index (χ0n) is 16.8. The van der Waals surface area contributed by atoms with Crippen LogP contribution in [-0.4, -0.2) is 24.0 Å². The number of hydrogen-bond acceptors (Lipinski definition) is 6. The standard InChI is InChI=1S/C21H21ClN2O4S/c1-10-8-11(2)18(27-5)12(3)15(10)9-16(25)19-14(6-7-29-19)20(26)23-21-17(22)13(4)24-28-21/h6-8H,9H2,1-5H3,(H,23,26). The minimum Gasteiger partial charge on any atom is -0.496 e. The molecule has 0 radical (unpaired) electrons. The molecule has 1 aromatic carbocycles. The van der Waals surface area contributed by atoms with E-state index in [0.717, 1.165) is 28.0 Å². The SMILES string of the molecule is COc1c(C)cc(C)c(CC(=O)c2sccc2C(=O)Nc2onc(C)c2Cl)c1C. The molecular weight excluding hydrogens is 412 g/mol. The highest BCUT2D eigenvalue weighted by molar-refractivity contribution is 7.12. The summed E-state index contributed by atoms with van der Waals surface area (Å²) >= 11 is 7.28. The molecule has 152 valence electrons. The van der Waals surface area contributed by atoms with Gasteiger partial charge in [-0.15, -0.1) is 11.3 Å². The fourth-order valence-corrected chi connectivity index (χ4v) is 4.29. The maximum Gasteiger partial charge on any atom is 0.259 e. The van der Waals surface area contributed by atoms with Gasteiger partial charge in [-0.05, 0) is 61.4 Å². The number of nitrogens with one attached hydrogen (secondary N) is 1. The zero-order valence-corrected chi connectivity index (χ0v) is 18.4. The number of carbonyl (C=O) groups is 2. The Balaban J connectivity index is 1.87. The number of amides is 1. The average Bonchev–Trinajstić information content (AvgIpc) is 3.28. The van der Waals surface area contributed by atoms with Crippen LogP contribution >= 0.6 is 22.9 Å². The summed E-state index contributed by atoms with van der Waals surface area (Å²) in [5.41, 5.74) is 4.63.